The molecule has 2 aromatic rings. The molecule has 1 aliphatic rings. The second-order valence-corrected chi connectivity index (χ2v) is 5.48. The predicted octanol–water partition coefficient (Wildman–Crippen LogP) is 2.50. The maximum absolute atomic E-state index is 11.1. The molecule has 0 bridgehead atoms. The first-order valence-electron chi connectivity index (χ1n) is 5.95. The molecule has 2 aromatic carbocycles. The summed E-state index contributed by atoms with van der Waals surface area (Å²) in [4.78, 5) is 0. The molecule has 106 valence electrons. The average Bonchev–Trinajstić information content (AvgIpc) is 2.48. The Morgan fingerprint density at radius 2 is 1.81 bits per heavy atom. The van der Waals surface area contributed by atoms with Crippen molar-refractivity contribution in [3.8, 4) is 23.3 Å². The number of hydrogen-bond donors (Lipinski definition) is 0. The first-order valence-corrected chi connectivity index (χ1v) is 7.29. The van der Waals surface area contributed by atoms with E-state index in [1.165, 1.54) is 6.07 Å². The molecule has 0 saturated heterocycles. The van der Waals surface area contributed by atoms with Crippen LogP contribution in [-0.4, -0.2) is 8.42 Å². The summed E-state index contributed by atoms with van der Waals surface area (Å²) >= 11 is 0. The van der Waals surface area contributed by atoms with Gasteiger partial charge in [-0.2, -0.15) is 13.7 Å². The lowest BCUT2D eigenvalue weighted by atomic mass is 10.2. The Kier molecular flexibility index (Phi) is 3.25. The molecular formula is C14H9NO5S. The van der Waals surface area contributed by atoms with E-state index in [1.807, 2.05) is 6.07 Å². The van der Waals surface area contributed by atoms with Crippen LogP contribution < -0.4 is 8.92 Å². The molecule has 0 spiro atoms. The Hall–Kier alpha value is -2.56. The summed E-state index contributed by atoms with van der Waals surface area (Å²) < 4.78 is 37.2. The van der Waals surface area contributed by atoms with Crippen LogP contribution in [0.1, 0.15) is 11.1 Å². The molecular weight excluding hydrogens is 294 g/mol. The summed E-state index contributed by atoms with van der Waals surface area (Å²) in [7, 11) is -3.95. The molecule has 0 radical (unpaired) electrons. The highest BCUT2D eigenvalue weighted by Crippen LogP contribution is 2.32. The van der Waals surface area contributed by atoms with Crippen molar-refractivity contribution >= 4 is 10.4 Å². The lowest BCUT2D eigenvalue weighted by Crippen LogP contribution is -2.19. The first-order chi connectivity index (χ1) is 10.1. The lowest BCUT2D eigenvalue weighted by molar-refractivity contribution is 0.241. The van der Waals surface area contributed by atoms with Crippen LogP contribution in [0.2, 0.25) is 0 Å². The molecule has 0 N–H and O–H groups in total. The minimum atomic E-state index is -3.95. The monoisotopic (exact) mass is 303 g/mol. The van der Waals surface area contributed by atoms with Gasteiger partial charge in [-0.15, -0.1) is 0 Å². The van der Waals surface area contributed by atoms with Gasteiger partial charge in [0, 0.05) is 5.56 Å². The fourth-order valence-corrected chi connectivity index (χ4v) is 2.52. The van der Waals surface area contributed by atoms with Crippen molar-refractivity contribution < 1.29 is 21.5 Å². The van der Waals surface area contributed by atoms with Gasteiger partial charge in [0.05, 0.1) is 18.2 Å². The molecule has 6 nitrogen and oxygen atoms in total. The summed E-state index contributed by atoms with van der Waals surface area (Å²) in [5, 5.41) is 8.73. The minimum absolute atomic E-state index is 0.0950. The number of fused-ring (bicyclic) bond motifs is 1. The number of hydrogen-bond acceptors (Lipinski definition) is 6. The van der Waals surface area contributed by atoms with Crippen molar-refractivity contribution in [1.82, 2.24) is 0 Å². The van der Waals surface area contributed by atoms with Crippen LogP contribution in [0.3, 0.4) is 0 Å². The van der Waals surface area contributed by atoms with Crippen LogP contribution in [0.4, 0.5) is 0 Å². The Balaban J connectivity index is 1.83. The maximum Gasteiger partial charge on any atom is 0.449 e. The van der Waals surface area contributed by atoms with E-state index in [2.05, 4.69) is 4.18 Å². The summed E-state index contributed by atoms with van der Waals surface area (Å²) in [6.07, 6.45) is 0. The van der Waals surface area contributed by atoms with Gasteiger partial charge in [0.1, 0.15) is 11.5 Å². The van der Waals surface area contributed by atoms with Gasteiger partial charge in [-0.3, -0.25) is 0 Å². The van der Waals surface area contributed by atoms with Crippen molar-refractivity contribution in [3.05, 3.63) is 53.6 Å². The molecule has 0 unspecified atom stereocenters. The molecule has 21 heavy (non-hydrogen) atoms. The third-order valence-electron chi connectivity index (χ3n) is 2.80. The molecule has 1 aliphatic heterocycles. The van der Waals surface area contributed by atoms with Gasteiger partial charge in [0.25, 0.3) is 0 Å². The van der Waals surface area contributed by atoms with Crippen molar-refractivity contribution in [2.45, 2.75) is 6.61 Å². The third kappa shape index (κ3) is 2.97. The zero-order valence-corrected chi connectivity index (χ0v) is 11.5. The number of nitriles is 1. The molecule has 0 saturated carbocycles. The van der Waals surface area contributed by atoms with Crippen LogP contribution >= 0.6 is 0 Å². The van der Waals surface area contributed by atoms with Crippen molar-refractivity contribution in [3.63, 3.8) is 0 Å². The van der Waals surface area contributed by atoms with E-state index in [1.54, 1.807) is 36.4 Å². The highest BCUT2D eigenvalue weighted by atomic mass is 32.3. The van der Waals surface area contributed by atoms with Gasteiger partial charge in [0.2, 0.25) is 0 Å². The van der Waals surface area contributed by atoms with Gasteiger partial charge < -0.3 is 8.92 Å². The summed E-state index contributed by atoms with van der Waals surface area (Å²) in [5.41, 5.74) is 1.12. The Bertz CT molecular complexity index is 821. The van der Waals surface area contributed by atoms with Crippen molar-refractivity contribution in [2.75, 3.05) is 0 Å². The van der Waals surface area contributed by atoms with Gasteiger partial charge in [0.15, 0.2) is 5.75 Å². The quantitative estimate of drug-likeness (QED) is 0.847. The van der Waals surface area contributed by atoms with E-state index in [-0.39, 0.29) is 12.4 Å². The van der Waals surface area contributed by atoms with Gasteiger partial charge in [-0.1, -0.05) is 0 Å². The normalized spacial score (nSPS) is 15.4. The molecule has 0 aromatic heterocycles. The van der Waals surface area contributed by atoms with Crippen molar-refractivity contribution in [1.29, 1.82) is 5.26 Å². The third-order valence-corrected chi connectivity index (χ3v) is 3.59. The number of nitrogens with zero attached hydrogens (tertiary/aromatic N) is 1. The molecule has 0 aliphatic carbocycles. The minimum Gasteiger partial charge on any atom is -0.457 e. The molecule has 0 atom stereocenters. The van der Waals surface area contributed by atoms with Gasteiger partial charge in [-0.05, 0) is 42.5 Å². The molecule has 0 fully saturated rings. The zero-order chi connectivity index (χ0) is 14.9. The van der Waals surface area contributed by atoms with Gasteiger partial charge in [-0.25, -0.2) is 4.18 Å². The number of ether oxygens (including phenoxy) is 1. The van der Waals surface area contributed by atoms with Crippen LogP contribution in [0.25, 0.3) is 0 Å². The summed E-state index contributed by atoms with van der Waals surface area (Å²) in [6.45, 7) is -0.0950. The molecule has 0 amide bonds. The Morgan fingerprint density at radius 1 is 1.10 bits per heavy atom. The van der Waals surface area contributed by atoms with Gasteiger partial charge >= 0.3 is 10.4 Å². The molecule has 3 rings (SSSR count). The van der Waals surface area contributed by atoms with E-state index in [0.29, 0.717) is 22.6 Å². The topological polar surface area (TPSA) is 85.6 Å². The largest absolute Gasteiger partial charge is 0.457 e. The molecule has 7 heteroatoms. The Labute approximate surface area is 121 Å². The standard InChI is InChI=1S/C14H9NO5S/c15-8-10-1-3-12(4-2-10)19-13-5-6-14-11(7-13)9-18-21(16,17)20-14/h1-7H,9H2. The average molecular weight is 303 g/mol. The second-order valence-electron chi connectivity index (χ2n) is 4.26. The zero-order valence-electron chi connectivity index (χ0n) is 10.6. The summed E-state index contributed by atoms with van der Waals surface area (Å²) in [6, 6.07) is 13.4. The fraction of sp³-hybridized carbons (Fsp3) is 0.0714. The van der Waals surface area contributed by atoms with E-state index in [9.17, 15) is 8.42 Å². The maximum atomic E-state index is 11.1. The van der Waals surface area contributed by atoms with E-state index < -0.39 is 10.4 Å². The number of benzene rings is 2. The smallest absolute Gasteiger partial charge is 0.449 e. The second kappa shape index (κ2) is 5.09. The van der Waals surface area contributed by atoms with E-state index in [4.69, 9.17) is 14.2 Å². The van der Waals surface area contributed by atoms with Crippen LogP contribution in [0.5, 0.6) is 17.2 Å². The first kappa shape index (κ1) is 13.4. The lowest BCUT2D eigenvalue weighted by Gasteiger charge is -2.17. The highest BCUT2D eigenvalue weighted by Gasteiger charge is 2.23. The summed E-state index contributed by atoms with van der Waals surface area (Å²) in [5.74, 6) is 1.32. The van der Waals surface area contributed by atoms with Crippen molar-refractivity contribution in [2.24, 2.45) is 0 Å². The van der Waals surface area contributed by atoms with E-state index in [0.717, 1.165) is 0 Å². The highest BCUT2D eigenvalue weighted by molar-refractivity contribution is 7.82. The predicted molar refractivity (Wildman–Crippen MR) is 72.0 cm³/mol. The van der Waals surface area contributed by atoms with Crippen LogP contribution in [0.15, 0.2) is 42.5 Å². The van der Waals surface area contributed by atoms with Crippen LogP contribution in [0, 0.1) is 11.3 Å². The van der Waals surface area contributed by atoms with Crippen LogP contribution in [-0.2, 0) is 21.2 Å². The molecule has 1 heterocycles. The Morgan fingerprint density at radius 3 is 2.52 bits per heavy atom. The SMILES string of the molecule is N#Cc1ccc(Oc2ccc3c(c2)COS(=O)(=O)O3)cc1. The van der Waals surface area contributed by atoms with E-state index >= 15 is 0 Å². The number of rotatable bonds is 2. The fourth-order valence-electron chi connectivity index (χ4n) is 1.82.